The van der Waals surface area contributed by atoms with Gasteiger partial charge in [0.15, 0.2) is 0 Å². The van der Waals surface area contributed by atoms with E-state index in [0.29, 0.717) is 25.4 Å². The molecule has 4 heterocycles. The van der Waals surface area contributed by atoms with Crippen LogP contribution < -0.4 is 0 Å². The SMILES string of the molecule is CN1C[C@H](C(=O)N2CCC(c3nccn3Cc3ccccn3)CC2)CC1=O. The van der Waals surface area contributed by atoms with Crippen LogP contribution in [-0.4, -0.2) is 62.8 Å². The highest BCUT2D eigenvalue weighted by Gasteiger charge is 2.36. The molecule has 2 fully saturated rings. The van der Waals surface area contributed by atoms with Gasteiger partial charge in [0.2, 0.25) is 11.8 Å². The number of imidazole rings is 1. The van der Waals surface area contributed by atoms with Gasteiger partial charge in [-0.1, -0.05) is 6.07 Å². The van der Waals surface area contributed by atoms with E-state index >= 15 is 0 Å². The van der Waals surface area contributed by atoms with Crippen LogP contribution in [-0.2, 0) is 16.1 Å². The number of hydrogen-bond acceptors (Lipinski definition) is 4. The summed E-state index contributed by atoms with van der Waals surface area (Å²) >= 11 is 0. The summed E-state index contributed by atoms with van der Waals surface area (Å²) in [7, 11) is 1.77. The van der Waals surface area contributed by atoms with E-state index in [0.717, 1.165) is 37.4 Å². The molecule has 7 nitrogen and oxygen atoms in total. The number of likely N-dealkylation sites (tertiary alicyclic amines) is 2. The molecule has 27 heavy (non-hydrogen) atoms. The molecule has 0 radical (unpaired) electrons. The molecule has 7 heteroatoms. The first kappa shape index (κ1) is 17.7. The van der Waals surface area contributed by atoms with E-state index in [1.807, 2.05) is 35.5 Å². The lowest BCUT2D eigenvalue weighted by molar-refractivity contribution is -0.136. The van der Waals surface area contributed by atoms with Crippen molar-refractivity contribution in [3.63, 3.8) is 0 Å². The zero-order valence-electron chi connectivity index (χ0n) is 15.6. The van der Waals surface area contributed by atoms with Gasteiger partial charge in [-0.15, -0.1) is 0 Å². The fourth-order valence-corrected chi connectivity index (χ4v) is 4.13. The molecule has 0 saturated carbocycles. The van der Waals surface area contributed by atoms with Crippen LogP contribution in [0.15, 0.2) is 36.8 Å². The maximum Gasteiger partial charge on any atom is 0.227 e. The average Bonchev–Trinajstić information content (AvgIpc) is 3.29. The van der Waals surface area contributed by atoms with E-state index in [2.05, 4.69) is 14.5 Å². The molecule has 4 rings (SSSR count). The van der Waals surface area contributed by atoms with Crippen molar-refractivity contribution in [2.24, 2.45) is 5.92 Å². The Balaban J connectivity index is 1.37. The van der Waals surface area contributed by atoms with Crippen molar-refractivity contribution < 1.29 is 9.59 Å². The third-order valence-corrected chi connectivity index (χ3v) is 5.67. The fourth-order valence-electron chi connectivity index (χ4n) is 4.13. The first-order valence-electron chi connectivity index (χ1n) is 9.55. The van der Waals surface area contributed by atoms with Gasteiger partial charge < -0.3 is 14.4 Å². The molecule has 2 aromatic heterocycles. The molecular formula is C20H25N5O2. The Hall–Kier alpha value is -2.70. The third-order valence-electron chi connectivity index (χ3n) is 5.67. The van der Waals surface area contributed by atoms with E-state index in [9.17, 15) is 9.59 Å². The number of piperidine rings is 1. The van der Waals surface area contributed by atoms with Crippen molar-refractivity contribution in [1.82, 2.24) is 24.3 Å². The van der Waals surface area contributed by atoms with E-state index < -0.39 is 0 Å². The van der Waals surface area contributed by atoms with Crippen LogP contribution in [0.25, 0.3) is 0 Å². The molecule has 0 aliphatic carbocycles. The first-order valence-corrected chi connectivity index (χ1v) is 9.55. The summed E-state index contributed by atoms with van der Waals surface area (Å²) in [6, 6.07) is 5.93. The van der Waals surface area contributed by atoms with E-state index in [1.165, 1.54) is 0 Å². The van der Waals surface area contributed by atoms with Gasteiger partial charge in [0.25, 0.3) is 0 Å². The molecule has 2 saturated heterocycles. The molecule has 2 aliphatic rings. The van der Waals surface area contributed by atoms with Crippen molar-refractivity contribution in [2.75, 3.05) is 26.7 Å². The summed E-state index contributed by atoms with van der Waals surface area (Å²) in [5.74, 6) is 1.44. The summed E-state index contributed by atoms with van der Waals surface area (Å²) in [6.07, 6.45) is 7.81. The number of carbonyl (C=O) groups is 2. The van der Waals surface area contributed by atoms with Crippen molar-refractivity contribution in [1.29, 1.82) is 0 Å². The molecule has 142 valence electrons. The van der Waals surface area contributed by atoms with Crippen molar-refractivity contribution in [2.45, 2.75) is 31.7 Å². The van der Waals surface area contributed by atoms with Gasteiger partial charge >= 0.3 is 0 Å². The number of nitrogens with zero attached hydrogens (tertiary/aromatic N) is 5. The Kier molecular flexibility index (Phi) is 4.92. The average molecular weight is 367 g/mol. The lowest BCUT2D eigenvalue weighted by Crippen LogP contribution is -2.42. The second-order valence-electron chi connectivity index (χ2n) is 7.51. The van der Waals surface area contributed by atoms with Crippen LogP contribution in [0.3, 0.4) is 0 Å². The lowest BCUT2D eigenvalue weighted by atomic mass is 9.94. The predicted octanol–water partition coefficient (Wildman–Crippen LogP) is 1.51. The fraction of sp³-hybridized carbons (Fsp3) is 0.500. The Morgan fingerprint density at radius 2 is 2.00 bits per heavy atom. The smallest absolute Gasteiger partial charge is 0.227 e. The molecule has 0 spiro atoms. The summed E-state index contributed by atoms with van der Waals surface area (Å²) in [4.78, 5) is 37.0. The third kappa shape index (κ3) is 3.72. The summed E-state index contributed by atoms with van der Waals surface area (Å²) in [5, 5.41) is 0. The molecule has 0 N–H and O–H groups in total. The van der Waals surface area contributed by atoms with E-state index in [1.54, 1.807) is 18.1 Å². The normalized spacial score (nSPS) is 21.1. The summed E-state index contributed by atoms with van der Waals surface area (Å²) in [6.45, 7) is 2.72. The van der Waals surface area contributed by atoms with Crippen LogP contribution in [0.4, 0.5) is 0 Å². The number of aromatic nitrogens is 3. The van der Waals surface area contributed by atoms with Gasteiger partial charge in [-0.3, -0.25) is 14.6 Å². The van der Waals surface area contributed by atoms with Gasteiger partial charge in [-0.2, -0.15) is 0 Å². The number of rotatable bonds is 4. The number of hydrogen-bond donors (Lipinski definition) is 0. The van der Waals surface area contributed by atoms with Crippen molar-refractivity contribution >= 4 is 11.8 Å². The van der Waals surface area contributed by atoms with Gasteiger partial charge in [-0.25, -0.2) is 4.98 Å². The first-order chi connectivity index (χ1) is 13.1. The Bertz CT molecular complexity index is 811. The molecule has 0 bridgehead atoms. The lowest BCUT2D eigenvalue weighted by Gasteiger charge is -2.33. The quantitative estimate of drug-likeness (QED) is 0.821. The number of pyridine rings is 1. The highest BCUT2D eigenvalue weighted by atomic mass is 16.2. The second kappa shape index (κ2) is 7.50. The second-order valence-corrected chi connectivity index (χ2v) is 7.51. The standard InChI is InChI=1S/C20H25N5O2/c1-23-13-16(12-18(23)26)20(27)24-9-5-15(6-10-24)19-22-8-11-25(19)14-17-4-2-3-7-21-17/h2-4,7-8,11,15-16H,5-6,9-10,12-14H2,1H3/t16-/m1/s1. The van der Waals surface area contributed by atoms with Crippen LogP contribution in [0.1, 0.15) is 36.7 Å². The molecule has 2 aromatic rings. The van der Waals surface area contributed by atoms with E-state index in [-0.39, 0.29) is 17.7 Å². The number of carbonyl (C=O) groups excluding carboxylic acids is 2. The molecule has 0 unspecified atom stereocenters. The highest BCUT2D eigenvalue weighted by molar-refractivity contribution is 5.89. The zero-order chi connectivity index (χ0) is 18.8. The number of amides is 2. The largest absolute Gasteiger partial charge is 0.345 e. The molecule has 2 amide bonds. The zero-order valence-corrected chi connectivity index (χ0v) is 15.6. The van der Waals surface area contributed by atoms with Crippen molar-refractivity contribution in [3.05, 3.63) is 48.3 Å². The Morgan fingerprint density at radius 3 is 2.67 bits per heavy atom. The van der Waals surface area contributed by atoms with Crippen molar-refractivity contribution in [3.8, 4) is 0 Å². The van der Waals surface area contributed by atoms with Crippen LogP contribution >= 0.6 is 0 Å². The minimum atomic E-state index is -0.176. The summed E-state index contributed by atoms with van der Waals surface area (Å²) in [5.41, 5.74) is 1.01. The molecular weight excluding hydrogens is 342 g/mol. The van der Waals surface area contributed by atoms with Crippen LogP contribution in [0.5, 0.6) is 0 Å². The molecule has 2 aliphatic heterocycles. The van der Waals surface area contributed by atoms with E-state index in [4.69, 9.17) is 0 Å². The minimum absolute atomic E-state index is 0.0692. The predicted molar refractivity (Wildman–Crippen MR) is 99.9 cm³/mol. The topological polar surface area (TPSA) is 71.3 Å². The Morgan fingerprint density at radius 1 is 1.19 bits per heavy atom. The minimum Gasteiger partial charge on any atom is -0.345 e. The molecule has 0 aromatic carbocycles. The maximum atomic E-state index is 12.7. The Labute approximate surface area is 159 Å². The van der Waals surface area contributed by atoms with Crippen LogP contribution in [0.2, 0.25) is 0 Å². The van der Waals surface area contributed by atoms with Crippen LogP contribution in [0, 0.1) is 5.92 Å². The van der Waals surface area contributed by atoms with Gasteiger partial charge in [0.05, 0.1) is 18.2 Å². The summed E-state index contributed by atoms with van der Waals surface area (Å²) < 4.78 is 2.16. The monoisotopic (exact) mass is 367 g/mol. The van der Waals surface area contributed by atoms with Gasteiger partial charge in [-0.05, 0) is 25.0 Å². The van der Waals surface area contributed by atoms with Gasteiger partial charge in [0.1, 0.15) is 5.82 Å². The molecule has 1 atom stereocenters. The highest BCUT2D eigenvalue weighted by Crippen LogP contribution is 2.29. The maximum absolute atomic E-state index is 12.7. The van der Waals surface area contributed by atoms with Gasteiger partial charge in [0, 0.05) is 57.6 Å².